The van der Waals surface area contributed by atoms with Crippen molar-refractivity contribution < 1.29 is 0 Å². The fraction of sp³-hybridized carbons (Fsp3) is 0.722. The summed E-state index contributed by atoms with van der Waals surface area (Å²) < 4.78 is 0. The van der Waals surface area contributed by atoms with Crippen LogP contribution in [0, 0.1) is 6.92 Å². The number of unbranched alkanes of at least 4 members (excludes halogenated alkanes) is 1. The summed E-state index contributed by atoms with van der Waals surface area (Å²) in [5, 5.41) is 6.81. The molecule has 1 unspecified atom stereocenters. The van der Waals surface area contributed by atoms with E-state index in [0.717, 1.165) is 25.1 Å². The number of nitrogens with zero attached hydrogens (tertiary/aromatic N) is 2. The lowest BCUT2D eigenvalue weighted by Gasteiger charge is -2.33. The number of thiophene rings is 1. The molecule has 138 valence electrons. The van der Waals surface area contributed by atoms with Gasteiger partial charge in [0.1, 0.15) is 0 Å². The first-order chi connectivity index (χ1) is 11.2. The van der Waals surface area contributed by atoms with Gasteiger partial charge in [-0.2, -0.15) is 0 Å². The first kappa shape index (κ1) is 21.7. The van der Waals surface area contributed by atoms with E-state index in [2.05, 4.69) is 46.5 Å². The van der Waals surface area contributed by atoms with Gasteiger partial charge in [-0.15, -0.1) is 35.3 Å². The van der Waals surface area contributed by atoms with Crippen LogP contribution >= 0.6 is 35.3 Å². The van der Waals surface area contributed by atoms with Crippen molar-refractivity contribution >= 4 is 41.3 Å². The first-order valence-electron chi connectivity index (χ1n) is 8.93. The van der Waals surface area contributed by atoms with Crippen LogP contribution in [0.4, 0.5) is 0 Å². The molecule has 4 nitrogen and oxygen atoms in total. The van der Waals surface area contributed by atoms with Crippen molar-refractivity contribution in [3.05, 3.63) is 21.9 Å². The molecule has 0 amide bonds. The van der Waals surface area contributed by atoms with Gasteiger partial charge in [-0.25, -0.2) is 0 Å². The van der Waals surface area contributed by atoms with E-state index in [9.17, 15) is 0 Å². The molecule has 1 atom stereocenters. The molecular formula is C18H33IN4S. The van der Waals surface area contributed by atoms with E-state index < -0.39 is 0 Å². The second-order valence-electron chi connectivity index (χ2n) is 6.45. The van der Waals surface area contributed by atoms with Crippen LogP contribution < -0.4 is 10.6 Å². The van der Waals surface area contributed by atoms with Crippen LogP contribution in [0.1, 0.15) is 48.8 Å². The van der Waals surface area contributed by atoms with E-state index in [-0.39, 0.29) is 24.0 Å². The minimum atomic E-state index is 0. The Morgan fingerprint density at radius 2 is 2.12 bits per heavy atom. The number of aliphatic imine (C=N–C) groups is 1. The molecule has 1 aromatic rings. The number of guanidine groups is 1. The van der Waals surface area contributed by atoms with Crippen molar-refractivity contribution in [2.45, 2.75) is 58.5 Å². The lowest BCUT2D eigenvalue weighted by Crippen LogP contribution is -2.39. The van der Waals surface area contributed by atoms with Gasteiger partial charge in [-0.3, -0.25) is 4.99 Å². The molecule has 24 heavy (non-hydrogen) atoms. The van der Waals surface area contributed by atoms with Crippen molar-refractivity contribution in [1.82, 2.24) is 15.5 Å². The SMILES string of the molecule is CN=C(NCCCCN1CCCCC1C)NCc1ccc(C)s1.I. The van der Waals surface area contributed by atoms with E-state index in [1.165, 1.54) is 54.9 Å². The van der Waals surface area contributed by atoms with Gasteiger partial charge in [0.05, 0.1) is 6.54 Å². The molecule has 1 aromatic heterocycles. The second-order valence-corrected chi connectivity index (χ2v) is 7.83. The summed E-state index contributed by atoms with van der Waals surface area (Å²) in [5.74, 6) is 0.905. The van der Waals surface area contributed by atoms with Gasteiger partial charge in [0.15, 0.2) is 5.96 Å². The highest BCUT2D eigenvalue weighted by Gasteiger charge is 2.16. The molecule has 1 saturated heterocycles. The molecular weight excluding hydrogens is 431 g/mol. The molecule has 0 aromatic carbocycles. The predicted octanol–water partition coefficient (Wildman–Crippen LogP) is 3.99. The third-order valence-corrected chi connectivity index (χ3v) is 5.56. The Kier molecular flexibility index (Phi) is 10.9. The molecule has 1 aliphatic rings. The topological polar surface area (TPSA) is 39.7 Å². The molecule has 2 heterocycles. The van der Waals surface area contributed by atoms with Crippen LogP contribution in [0.15, 0.2) is 17.1 Å². The van der Waals surface area contributed by atoms with Gasteiger partial charge in [-0.05, 0) is 64.8 Å². The van der Waals surface area contributed by atoms with Crippen molar-refractivity contribution in [1.29, 1.82) is 0 Å². The molecule has 6 heteroatoms. The monoisotopic (exact) mass is 464 g/mol. The molecule has 1 aliphatic heterocycles. The number of rotatable bonds is 7. The summed E-state index contributed by atoms with van der Waals surface area (Å²) in [6, 6.07) is 5.12. The minimum absolute atomic E-state index is 0. The van der Waals surface area contributed by atoms with Crippen molar-refractivity contribution in [2.75, 3.05) is 26.7 Å². The van der Waals surface area contributed by atoms with Gasteiger partial charge >= 0.3 is 0 Å². The van der Waals surface area contributed by atoms with Gasteiger partial charge in [0, 0.05) is 29.4 Å². The summed E-state index contributed by atoms with van der Waals surface area (Å²) >= 11 is 1.84. The zero-order chi connectivity index (χ0) is 16.5. The molecule has 0 bridgehead atoms. The lowest BCUT2D eigenvalue weighted by atomic mass is 10.0. The van der Waals surface area contributed by atoms with Crippen LogP contribution in [-0.4, -0.2) is 43.6 Å². The van der Waals surface area contributed by atoms with E-state index in [1.807, 2.05) is 18.4 Å². The maximum atomic E-state index is 4.30. The van der Waals surface area contributed by atoms with Crippen molar-refractivity contribution in [3.8, 4) is 0 Å². The maximum absolute atomic E-state index is 4.30. The van der Waals surface area contributed by atoms with Crippen LogP contribution in [0.2, 0.25) is 0 Å². The van der Waals surface area contributed by atoms with Crippen molar-refractivity contribution in [3.63, 3.8) is 0 Å². The number of likely N-dealkylation sites (tertiary alicyclic amines) is 1. The molecule has 0 saturated carbocycles. The minimum Gasteiger partial charge on any atom is -0.356 e. The summed E-state index contributed by atoms with van der Waals surface area (Å²) in [7, 11) is 1.84. The number of hydrogen-bond acceptors (Lipinski definition) is 3. The number of piperidine rings is 1. The van der Waals surface area contributed by atoms with Gasteiger partial charge in [0.2, 0.25) is 0 Å². The highest BCUT2D eigenvalue weighted by Crippen LogP contribution is 2.16. The summed E-state index contributed by atoms with van der Waals surface area (Å²) in [6.45, 7) is 8.89. The zero-order valence-corrected chi connectivity index (χ0v) is 18.5. The maximum Gasteiger partial charge on any atom is 0.191 e. The lowest BCUT2D eigenvalue weighted by molar-refractivity contribution is 0.158. The fourth-order valence-corrected chi connectivity index (χ4v) is 3.94. The number of halogens is 1. The van der Waals surface area contributed by atoms with Gasteiger partial charge < -0.3 is 15.5 Å². The number of nitrogens with one attached hydrogen (secondary N) is 2. The highest BCUT2D eigenvalue weighted by atomic mass is 127. The van der Waals surface area contributed by atoms with Crippen LogP contribution in [0.25, 0.3) is 0 Å². The quantitative estimate of drug-likeness (QED) is 0.278. The third kappa shape index (κ3) is 7.70. The van der Waals surface area contributed by atoms with Crippen LogP contribution in [0.5, 0.6) is 0 Å². The molecule has 0 spiro atoms. The average molecular weight is 464 g/mol. The molecule has 0 aliphatic carbocycles. The Morgan fingerprint density at radius 3 is 2.79 bits per heavy atom. The third-order valence-electron chi connectivity index (χ3n) is 4.55. The standard InChI is InChI=1S/C18H32N4S.HI/c1-15-8-4-6-12-22(15)13-7-5-11-20-18(19-3)21-14-17-10-9-16(2)23-17;/h9-10,15H,4-8,11-14H2,1-3H3,(H2,19,20,21);1H. The Balaban J connectivity index is 0.00000288. The number of hydrogen-bond donors (Lipinski definition) is 2. The predicted molar refractivity (Wildman–Crippen MR) is 117 cm³/mol. The molecule has 2 N–H and O–H groups in total. The van der Waals surface area contributed by atoms with Gasteiger partial charge in [-0.1, -0.05) is 6.42 Å². The summed E-state index contributed by atoms with van der Waals surface area (Å²) in [4.78, 5) is 9.66. The Morgan fingerprint density at radius 1 is 1.29 bits per heavy atom. The highest BCUT2D eigenvalue weighted by molar-refractivity contribution is 14.0. The Bertz CT molecular complexity index is 489. The van der Waals surface area contributed by atoms with Crippen molar-refractivity contribution in [2.24, 2.45) is 4.99 Å². The summed E-state index contributed by atoms with van der Waals surface area (Å²) in [6.07, 6.45) is 6.61. The zero-order valence-electron chi connectivity index (χ0n) is 15.3. The normalized spacial score (nSPS) is 19.0. The van der Waals surface area contributed by atoms with E-state index in [1.54, 1.807) is 0 Å². The number of aryl methyl sites for hydroxylation is 1. The Hall–Kier alpha value is -0.340. The van der Waals surface area contributed by atoms with Crippen LogP contribution in [0.3, 0.4) is 0 Å². The molecule has 0 radical (unpaired) electrons. The van der Waals surface area contributed by atoms with Crippen LogP contribution in [-0.2, 0) is 6.54 Å². The average Bonchev–Trinajstić information content (AvgIpc) is 2.97. The first-order valence-corrected chi connectivity index (χ1v) is 9.74. The molecule has 2 rings (SSSR count). The van der Waals surface area contributed by atoms with E-state index >= 15 is 0 Å². The largest absolute Gasteiger partial charge is 0.356 e. The second kappa shape index (κ2) is 12.1. The summed E-state index contributed by atoms with van der Waals surface area (Å²) in [5.41, 5.74) is 0. The van der Waals surface area contributed by atoms with E-state index in [4.69, 9.17) is 0 Å². The smallest absolute Gasteiger partial charge is 0.191 e. The van der Waals surface area contributed by atoms with E-state index in [0.29, 0.717) is 0 Å². The molecule has 1 fully saturated rings. The Labute approximate surface area is 168 Å². The van der Waals surface area contributed by atoms with Gasteiger partial charge in [0.25, 0.3) is 0 Å². The fourth-order valence-electron chi connectivity index (χ4n) is 3.11.